The molecule has 0 aliphatic carbocycles. The van der Waals surface area contributed by atoms with Gasteiger partial charge in [-0.05, 0) is 34.1 Å². The summed E-state index contributed by atoms with van der Waals surface area (Å²) in [6.07, 6.45) is 0. The zero-order valence-corrected chi connectivity index (χ0v) is 13.7. The Morgan fingerprint density at radius 2 is 2.29 bits per heavy atom. The molecule has 1 amide bonds. The van der Waals surface area contributed by atoms with Crippen molar-refractivity contribution in [1.82, 2.24) is 0 Å². The summed E-state index contributed by atoms with van der Waals surface area (Å²) in [5, 5.41) is 4.59. The number of halogens is 1. The van der Waals surface area contributed by atoms with E-state index in [0.717, 1.165) is 9.35 Å². The highest BCUT2D eigenvalue weighted by atomic mass is 79.9. The molecule has 21 heavy (non-hydrogen) atoms. The third-order valence-electron chi connectivity index (χ3n) is 2.58. The molecule has 0 aliphatic rings. The van der Waals surface area contributed by atoms with Crippen LogP contribution in [-0.4, -0.2) is 19.6 Å². The van der Waals surface area contributed by atoms with Crippen molar-refractivity contribution in [2.45, 2.75) is 0 Å². The molecule has 0 fully saturated rings. The molecule has 0 spiro atoms. The monoisotopic (exact) mass is 364 g/mol. The molecular weight excluding hydrogens is 352 g/mol. The van der Waals surface area contributed by atoms with Gasteiger partial charge in [-0.2, -0.15) is 0 Å². The van der Waals surface area contributed by atoms with Gasteiger partial charge in [0.05, 0.1) is 28.6 Å². The minimum atomic E-state index is -0.184. The van der Waals surface area contributed by atoms with Crippen LogP contribution in [-0.2, 0) is 0 Å². The number of nitrogens with one attached hydrogen (secondary N) is 1. The minimum Gasteiger partial charge on any atom is -0.495 e. The summed E-state index contributed by atoms with van der Waals surface area (Å²) in [6, 6.07) is 7.12. The summed E-state index contributed by atoms with van der Waals surface area (Å²) in [7, 11) is 1.58. The first-order valence-corrected chi connectivity index (χ1v) is 7.73. The molecule has 0 atom stereocenters. The lowest BCUT2D eigenvalue weighted by molar-refractivity contribution is 0.102. The number of hydrogen-bond donors (Lipinski definition) is 2. The van der Waals surface area contributed by atoms with Gasteiger partial charge in [0, 0.05) is 17.1 Å². The summed E-state index contributed by atoms with van der Waals surface area (Å²) < 4.78 is 6.03. The fourth-order valence-corrected chi connectivity index (χ4v) is 2.76. The van der Waals surface area contributed by atoms with Gasteiger partial charge < -0.3 is 15.8 Å². The van der Waals surface area contributed by atoms with E-state index in [1.807, 2.05) is 6.07 Å². The SMILES string of the molecule is COc1cc(NC(=O)c2csc(C#CCN)c2)ccc1Br. The molecule has 2 aromatic rings. The maximum Gasteiger partial charge on any atom is 0.256 e. The molecule has 0 unspecified atom stereocenters. The zero-order valence-electron chi connectivity index (χ0n) is 11.3. The van der Waals surface area contributed by atoms with E-state index in [2.05, 4.69) is 33.1 Å². The third-order valence-corrected chi connectivity index (χ3v) is 4.09. The third kappa shape index (κ3) is 4.08. The van der Waals surface area contributed by atoms with Gasteiger partial charge in [0.2, 0.25) is 0 Å². The Balaban J connectivity index is 2.12. The maximum absolute atomic E-state index is 12.2. The molecule has 3 N–H and O–H groups in total. The number of ether oxygens (including phenoxy) is 1. The van der Waals surface area contributed by atoms with Gasteiger partial charge >= 0.3 is 0 Å². The summed E-state index contributed by atoms with van der Waals surface area (Å²) in [5.74, 6) is 6.14. The van der Waals surface area contributed by atoms with Gasteiger partial charge in [-0.3, -0.25) is 4.79 Å². The average Bonchev–Trinajstić information content (AvgIpc) is 2.96. The fourth-order valence-electron chi connectivity index (χ4n) is 1.60. The molecule has 0 aliphatic heterocycles. The average molecular weight is 365 g/mol. The normalized spacial score (nSPS) is 9.67. The Kier molecular flexibility index (Phi) is 5.39. The highest BCUT2D eigenvalue weighted by Gasteiger charge is 2.10. The molecule has 108 valence electrons. The number of nitrogens with two attached hydrogens (primary N) is 1. The number of anilines is 1. The van der Waals surface area contributed by atoms with E-state index in [4.69, 9.17) is 10.5 Å². The Hall–Kier alpha value is -1.81. The Morgan fingerprint density at radius 1 is 1.48 bits per heavy atom. The van der Waals surface area contributed by atoms with Gasteiger partial charge in [0.15, 0.2) is 0 Å². The first kappa shape index (κ1) is 15.6. The largest absolute Gasteiger partial charge is 0.495 e. The van der Waals surface area contributed by atoms with Crippen molar-refractivity contribution < 1.29 is 9.53 Å². The predicted octanol–water partition coefficient (Wildman–Crippen LogP) is 3.08. The van der Waals surface area contributed by atoms with Crippen LogP contribution in [0.5, 0.6) is 5.75 Å². The van der Waals surface area contributed by atoms with Gasteiger partial charge in [0.25, 0.3) is 5.91 Å². The molecule has 0 saturated carbocycles. The van der Waals surface area contributed by atoms with Crippen LogP contribution >= 0.6 is 27.3 Å². The quantitative estimate of drug-likeness (QED) is 0.822. The number of carbonyl (C=O) groups is 1. The van der Waals surface area contributed by atoms with Crippen molar-refractivity contribution in [2.75, 3.05) is 19.0 Å². The van der Waals surface area contributed by atoms with Crippen LogP contribution in [0.1, 0.15) is 15.2 Å². The summed E-state index contributed by atoms with van der Waals surface area (Å²) in [6.45, 7) is 0.304. The highest BCUT2D eigenvalue weighted by molar-refractivity contribution is 9.10. The molecule has 1 heterocycles. The fraction of sp³-hybridized carbons (Fsp3) is 0.133. The van der Waals surface area contributed by atoms with Crippen LogP contribution in [0.4, 0.5) is 5.69 Å². The molecule has 0 saturated heterocycles. The predicted molar refractivity (Wildman–Crippen MR) is 88.9 cm³/mol. The van der Waals surface area contributed by atoms with E-state index in [0.29, 0.717) is 23.5 Å². The highest BCUT2D eigenvalue weighted by Crippen LogP contribution is 2.28. The van der Waals surface area contributed by atoms with Crippen LogP contribution < -0.4 is 15.8 Å². The summed E-state index contributed by atoms with van der Waals surface area (Å²) >= 11 is 4.78. The van der Waals surface area contributed by atoms with E-state index in [1.54, 1.807) is 30.7 Å². The van der Waals surface area contributed by atoms with Gasteiger partial charge in [0.1, 0.15) is 5.75 Å². The van der Waals surface area contributed by atoms with Crippen molar-refractivity contribution in [3.05, 3.63) is 44.6 Å². The number of thiophene rings is 1. The van der Waals surface area contributed by atoms with Crippen LogP contribution in [0.2, 0.25) is 0 Å². The zero-order chi connectivity index (χ0) is 15.2. The molecule has 0 radical (unpaired) electrons. The lowest BCUT2D eigenvalue weighted by Gasteiger charge is -2.07. The van der Waals surface area contributed by atoms with E-state index < -0.39 is 0 Å². The number of benzene rings is 1. The number of rotatable bonds is 3. The first-order valence-electron chi connectivity index (χ1n) is 6.06. The topological polar surface area (TPSA) is 64.3 Å². The van der Waals surface area contributed by atoms with Crippen molar-refractivity contribution in [3.63, 3.8) is 0 Å². The molecule has 6 heteroatoms. The smallest absolute Gasteiger partial charge is 0.256 e. The number of hydrogen-bond acceptors (Lipinski definition) is 4. The minimum absolute atomic E-state index is 0.184. The van der Waals surface area contributed by atoms with Crippen molar-refractivity contribution in [2.24, 2.45) is 5.73 Å². The Morgan fingerprint density at radius 3 is 3.00 bits per heavy atom. The van der Waals surface area contributed by atoms with Crippen molar-refractivity contribution in [3.8, 4) is 17.6 Å². The van der Waals surface area contributed by atoms with E-state index in [9.17, 15) is 4.79 Å². The second kappa shape index (κ2) is 7.27. The number of methoxy groups -OCH3 is 1. The molecular formula is C15H13BrN2O2S. The Labute approximate surface area is 135 Å². The van der Waals surface area contributed by atoms with E-state index in [-0.39, 0.29) is 5.91 Å². The number of carbonyl (C=O) groups excluding carboxylic acids is 1. The molecule has 4 nitrogen and oxygen atoms in total. The van der Waals surface area contributed by atoms with Crippen LogP contribution in [0.25, 0.3) is 0 Å². The molecule has 0 bridgehead atoms. The lowest BCUT2D eigenvalue weighted by Crippen LogP contribution is -2.10. The van der Waals surface area contributed by atoms with Gasteiger partial charge in [-0.15, -0.1) is 11.3 Å². The standard InChI is InChI=1S/C15H13BrN2O2S/c1-20-14-8-11(4-5-13(14)16)18-15(19)10-7-12(21-9-10)3-2-6-17/h4-5,7-9H,6,17H2,1H3,(H,18,19). The summed E-state index contributed by atoms with van der Waals surface area (Å²) in [5.41, 5.74) is 6.56. The Bertz CT molecular complexity index is 716. The van der Waals surface area contributed by atoms with Gasteiger partial charge in [-0.1, -0.05) is 11.8 Å². The summed E-state index contributed by atoms with van der Waals surface area (Å²) in [4.78, 5) is 13.0. The van der Waals surface area contributed by atoms with Crippen molar-refractivity contribution >= 4 is 38.9 Å². The first-order chi connectivity index (χ1) is 10.1. The van der Waals surface area contributed by atoms with Crippen LogP contribution in [0, 0.1) is 11.8 Å². The molecule has 1 aromatic carbocycles. The van der Waals surface area contributed by atoms with E-state index in [1.165, 1.54) is 11.3 Å². The van der Waals surface area contributed by atoms with Crippen LogP contribution in [0.3, 0.4) is 0 Å². The second-order valence-electron chi connectivity index (χ2n) is 4.01. The second-order valence-corrected chi connectivity index (χ2v) is 5.77. The maximum atomic E-state index is 12.2. The lowest BCUT2D eigenvalue weighted by atomic mass is 10.2. The molecule has 2 rings (SSSR count). The van der Waals surface area contributed by atoms with E-state index >= 15 is 0 Å². The van der Waals surface area contributed by atoms with Crippen LogP contribution in [0.15, 0.2) is 34.1 Å². The van der Waals surface area contributed by atoms with Crippen molar-refractivity contribution in [1.29, 1.82) is 0 Å². The van der Waals surface area contributed by atoms with Gasteiger partial charge in [-0.25, -0.2) is 0 Å². The number of amides is 1. The molecule has 1 aromatic heterocycles.